The van der Waals surface area contributed by atoms with Crippen molar-refractivity contribution in [3.8, 4) is 0 Å². The van der Waals surface area contributed by atoms with Crippen molar-refractivity contribution in [3.05, 3.63) is 58.9 Å². The smallest absolute Gasteiger partial charge is 0.193 e. The van der Waals surface area contributed by atoms with Crippen LogP contribution in [0.25, 0.3) is 4.96 Å². The van der Waals surface area contributed by atoms with E-state index in [1.165, 1.54) is 11.1 Å². The molecule has 1 fully saturated rings. The van der Waals surface area contributed by atoms with Gasteiger partial charge in [0.25, 0.3) is 0 Å². The first-order valence-electron chi connectivity index (χ1n) is 10.1. The standard InChI is InChI=1S/C21H28N6OS.HI/c1-2-22-20(24-14-19-16-27-9-12-29-21(27)25-19)23-13-17-5-3-4-6-18(17)15-26-7-10-28-11-8-26;/h3-6,9,12,16H,2,7-8,10-11,13-15H2,1H3,(H2,22,23,24);1H. The normalized spacial score (nSPS) is 15.2. The average molecular weight is 540 g/mol. The molecule has 0 atom stereocenters. The van der Waals surface area contributed by atoms with Crippen molar-refractivity contribution in [1.29, 1.82) is 0 Å². The van der Waals surface area contributed by atoms with E-state index in [0.717, 1.165) is 56.0 Å². The number of nitrogens with one attached hydrogen (secondary N) is 2. The molecule has 0 aliphatic carbocycles. The van der Waals surface area contributed by atoms with Gasteiger partial charge < -0.3 is 15.4 Å². The third kappa shape index (κ3) is 6.16. The number of ether oxygens (including phenoxy) is 1. The summed E-state index contributed by atoms with van der Waals surface area (Å²) in [5, 5.41) is 8.77. The number of morpholine rings is 1. The van der Waals surface area contributed by atoms with Crippen LogP contribution in [0, 0.1) is 0 Å². The predicted octanol–water partition coefficient (Wildman–Crippen LogP) is 3.10. The maximum Gasteiger partial charge on any atom is 0.193 e. The fraction of sp³-hybridized carbons (Fsp3) is 0.429. The number of benzene rings is 1. The van der Waals surface area contributed by atoms with E-state index in [1.807, 2.05) is 16.0 Å². The van der Waals surface area contributed by atoms with E-state index in [9.17, 15) is 0 Å². The Kier molecular flexibility index (Phi) is 8.91. The van der Waals surface area contributed by atoms with Gasteiger partial charge in [0.15, 0.2) is 10.9 Å². The molecule has 1 saturated heterocycles. The summed E-state index contributed by atoms with van der Waals surface area (Å²) in [6, 6.07) is 8.58. The fourth-order valence-electron chi connectivity index (χ4n) is 3.41. The van der Waals surface area contributed by atoms with Crippen LogP contribution in [0.3, 0.4) is 0 Å². The number of thiazole rings is 1. The molecule has 0 spiro atoms. The van der Waals surface area contributed by atoms with Gasteiger partial charge in [0, 0.05) is 44.0 Å². The number of aliphatic imine (C=N–C) groups is 1. The van der Waals surface area contributed by atoms with E-state index in [4.69, 9.17) is 9.73 Å². The molecule has 0 bridgehead atoms. The summed E-state index contributed by atoms with van der Waals surface area (Å²) in [5.74, 6) is 0.810. The number of aromatic nitrogens is 2. The zero-order valence-electron chi connectivity index (χ0n) is 17.2. The van der Waals surface area contributed by atoms with Gasteiger partial charge >= 0.3 is 0 Å². The zero-order chi connectivity index (χ0) is 19.9. The molecular weight excluding hydrogens is 511 g/mol. The first-order valence-corrected chi connectivity index (χ1v) is 11.0. The lowest BCUT2D eigenvalue weighted by Gasteiger charge is -2.27. The van der Waals surface area contributed by atoms with E-state index in [-0.39, 0.29) is 24.0 Å². The number of hydrogen-bond acceptors (Lipinski definition) is 5. The molecule has 0 unspecified atom stereocenters. The second kappa shape index (κ2) is 11.6. The number of guanidine groups is 1. The van der Waals surface area contributed by atoms with Crippen LogP contribution < -0.4 is 10.6 Å². The summed E-state index contributed by atoms with van der Waals surface area (Å²) in [6.45, 7) is 8.76. The van der Waals surface area contributed by atoms with Gasteiger partial charge in [-0.15, -0.1) is 35.3 Å². The second-order valence-corrected chi connectivity index (χ2v) is 7.90. The Morgan fingerprint density at radius 3 is 2.77 bits per heavy atom. The molecule has 3 heterocycles. The van der Waals surface area contributed by atoms with Gasteiger partial charge in [-0.1, -0.05) is 24.3 Å². The van der Waals surface area contributed by atoms with Crippen LogP contribution in [0.15, 0.2) is 47.0 Å². The lowest BCUT2D eigenvalue weighted by atomic mass is 10.1. The lowest BCUT2D eigenvalue weighted by Crippen LogP contribution is -2.37. The number of fused-ring (bicyclic) bond motifs is 1. The van der Waals surface area contributed by atoms with Crippen molar-refractivity contribution < 1.29 is 4.74 Å². The molecule has 0 radical (unpaired) electrons. The minimum absolute atomic E-state index is 0. The molecule has 0 saturated carbocycles. The van der Waals surface area contributed by atoms with Crippen LogP contribution in [-0.2, 0) is 24.4 Å². The van der Waals surface area contributed by atoms with E-state index < -0.39 is 0 Å². The van der Waals surface area contributed by atoms with E-state index in [1.54, 1.807) is 11.3 Å². The SMILES string of the molecule is CCNC(=NCc1ccccc1CN1CCOCC1)NCc1cn2ccsc2n1.I. The van der Waals surface area contributed by atoms with Gasteiger partial charge in [-0.3, -0.25) is 9.30 Å². The van der Waals surface area contributed by atoms with E-state index in [0.29, 0.717) is 13.1 Å². The summed E-state index contributed by atoms with van der Waals surface area (Å²) in [4.78, 5) is 12.9. The predicted molar refractivity (Wildman–Crippen MR) is 133 cm³/mol. The number of nitrogens with zero attached hydrogens (tertiary/aromatic N) is 4. The van der Waals surface area contributed by atoms with Crippen molar-refractivity contribution >= 4 is 46.2 Å². The van der Waals surface area contributed by atoms with E-state index >= 15 is 0 Å². The Morgan fingerprint density at radius 2 is 2.00 bits per heavy atom. The molecule has 30 heavy (non-hydrogen) atoms. The van der Waals surface area contributed by atoms with Gasteiger partial charge in [-0.25, -0.2) is 9.98 Å². The fourth-order valence-corrected chi connectivity index (χ4v) is 4.13. The molecule has 162 valence electrons. The van der Waals surface area contributed by atoms with Crippen LogP contribution in [0.2, 0.25) is 0 Å². The van der Waals surface area contributed by atoms with Crippen LogP contribution in [0.4, 0.5) is 0 Å². The van der Waals surface area contributed by atoms with Crippen LogP contribution >= 0.6 is 35.3 Å². The summed E-state index contributed by atoms with van der Waals surface area (Å²) < 4.78 is 7.51. The first kappa shape index (κ1) is 23.0. The van der Waals surface area contributed by atoms with E-state index in [2.05, 4.69) is 57.9 Å². The highest BCUT2D eigenvalue weighted by Gasteiger charge is 2.12. The molecule has 1 aromatic carbocycles. The molecule has 2 N–H and O–H groups in total. The van der Waals surface area contributed by atoms with Crippen molar-refractivity contribution in [3.63, 3.8) is 0 Å². The minimum Gasteiger partial charge on any atom is -0.379 e. The molecule has 4 rings (SSSR count). The Labute approximate surface area is 198 Å². The molecule has 2 aromatic heterocycles. The van der Waals surface area contributed by atoms with Crippen molar-refractivity contribution in [1.82, 2.24) is 24.9 Å². The second-order valence-electron chi connectivity index (χ2n) is 7.03. The van der Waals surface area contributed by atoms with Crippen molar-refractivity contribution in [2.45, 2.75) is 26.6 Å². The van der Waals surface area contributed by atoms with Crippen LogP contribution in [0.1, 0.15) is 23.7 Å². The Bertz CT molecular complexity index is 921. The quantitative estimate of drug-likeness (QED) is 0.274. The van der Waals surface area contributed by atoms with Gasteiger partial charge in [0.2, 0.25) is 0 Å². The van der Waals surface area contributed by atoms with Crippen LogP contribution in [0.5, 0.6) is 0 Å². The maximum atomic E-state index is 5.46. The minimum atomic E-state index is 0. The molecule has 3 aromatic rings. The Hall–Kier alpha value is -1.69. The number of rotatable bonds is 7. The van der Waals surface area contributed by atoms with Crippen molar-refractivity contribution in [2.75, 3.05) is 32.8 Å². The Morgan fingerprint density at radius 1 is 1.20 bits per heavy atom. The zero-order valence-corrected chi connectivity index (χ0v) is 20.4. The van der Waals surface area contributed by atoms with Crippen molar-refractivity contribution in [2.24, 2.45) is 4.99 Å². The summed E-state index contributed by atoms with van der Waals surface area (Å²) in [7, 11) is 0. The van der Waals surface area contributed by atoms with Crippen LogP contribution in [-0.4, -0.2) is 53.1 Å². The molecule has 1 aliphatic heterocycles. The van der Waals surface area contributed by atoms with Gasteiger partial charge in [-0.2, -0.15) is 0 Å². The monoisotopic (exact) mass is 540 g/mol. The molecule has 0 amide bonds. The number of hydrogen-bond donors (Lipinski definition) is 2. The summed E-state index contributed by atoms with van der Waals surface area (Å²) >= 11 is 1.64. The molecule has 1 aliphatic rings. The molecule has 7 nitrogen and oxygen atoms in total. The highest BCUT2D eigenvalue weighted by atomic mass is 127. The van der Waals surface area contributed by atoms with Gasteiger partial charge in [-0.05, 0) is 18.1 Å². The Balaban J connectivity index is 0.00000256. The third-order valence-electron chi connectivity index (χ3n) is 4.95. The largest absolute Gasteiger partial charge is 0.379 e. The van der Waals surface area contributed by atoms with Gasteiger partial charge in [0.05, 0.1) is 32.0 Å². The maximum absolute atomic E-state index is 5.46. The molecule has 9 heteroatoms. The average Bonchev–Trinajstić information content (AvgIpc) is 3.34. The highest BCUT2D eigenvalue weighted by molar-refractivity contribution is 14.0. The summed E-state index contributed by atoms with van der Waals surface area (Å²) in [6.07, 6.45) is 4.08. The lowest BCUT2D eigenvalue weighted by molar-refractivity contribution is 0.0341. The molecular formula is C21H29IN6OS. The topological polar surface area (TPSA) is 66.2 Å². The number of imidazole rings is 1. The third-order valence-corrected chi connectivity index (χ3v) is 5.72. The number of halogens is 1. The highest BCUT2D eigenvalue weighted by Crippen LogP contribution is 2.14. The van der Waals surface area contributed by atoms with Gasteiger partial charge in [0.1, 0.15) is 0 Å². The summed E-state index contributed by atoms with van der Waals surface area (Å²) in [5.41, 5.74) is 3.61. The first-order chi connectivity index (χ1) is 14.3.